The van der Waals surface area contributed by atoms with Crippen molar-refractivity contribution in [2.24, 2.45) is 5.73 Å². The van der Waals surface area contributed by atoms with E-state index in [2.05, 4.69) is 40.7 Å². The molecule has 2 rings (SSSR count). The normalized spacial score (nSPS) is 11.8. The van der Waals surface area contributed by atoms with Gasteiger partial charge in [-0.1, -0.05) is 25.5 Å². The van der Waals surface area contributed by atoms with Gasteiger partial charge in [0.15, 0.2) is 0 Å². The van der Waals surface area contributed by atoms with Crippen LogP contribution in [0.15, 0.2) is 36.8 Å². The topological polar surface area (TPSA) is 43.8 Å². The van der Waals surface area contributed by atoms with Crippen molar-refractivity contribution in [1.82, 2.24) is 9.55 Å². The first-order valence-electron chi connectivity index (χ1n) is 6.43. The summed E-state index contributed by atoms with van der Waals surface area (Å²) in [5, 5.41) is 0. The van der Waals surface area contributed by atoms with Crippen LogP contribution in [-0.4, -0.2) is 9.55 Å². The van der Waals surface area contributed by atoms with E-state index in [1.165, 1.54) is 12.0 Å². The Kier molecular flexibility index (Phi) is 3.53. The van der Waals surface area contributed by atoms with Gasteiger partial charge in [0.1, 0.15) is 0 Å². The molecule has 0 bridgehead atoms. The summed E-state index contributed by atoms with van der Waals surface area (Å²) in [4.78, 5) is 4.21. The van der Waals surface area contributed by atoms with E-state index < -0.39 is 5.54 Å². The van der Waals surface area contributed by atoms with Crippen molar-refractivity contribution in [3.05, 3.63) is 48.0 Å². The molecular weight excluding hydrogens is 222 g/mol. The van der Waals surface area contributed by atoms with Crippen LogP contribution in [-0.2, 0) is 12.0 Å². The minimum absolute atomic E-state index is 0.390. The molecule has 0 atom stereocenters. The van der Waals surface area contributed by atoms with Crippen LogP contribution in [0.1, 0.15) is 38.4 Å². The number of imidazole rings is 1. The molecule has 0 spiro atoms. The number of hydrogen-bond donors (Lipinski definition) is 1. The highest BCUT2D eigenvalue weighted by atomic mass is 15.1. The summed E-state index contributed by atoms with van der Waals surface area (Å²) >= 11 is 0. The SMILES string of the molecule is CCCc1ccc(-n2cncc2C(C)(C)N)cc1. The second-order valence-electron chi connectivity index (χ2n) is 5.29. The third-order valence-corrected chi connectivity index (χ3v) is 3.05. The largest absolute Gasteiger partial charge is 0.321 e. The zero-order valence-corrected chi connectivity index (χ0v) is 11.4. The van der Waals surface area contributed by atoms with Crippen LogP contribution in [0.5, 0.6) is 0 Å². The minimum Gasteiger partial charge on any atom is -0.321 e. The van der Waals surface area contributed by atoms with E-state index in [0.717, 1.165) is 17.8 Å². The van der Waals surface area contributed by atoms with Crippen molar-refractivity contribution in [2.45, 2.75) is 39.2 Å². The van der Waals surface area contributed by atoms with Gasteiger partial charge in [-0.3, -0.25) is 0 Å². The van der Waals surface area contributed by atoms with Gasteiger partial charge in [0.05, 0.1) is 23.8 Å². The van der Waals surface area contributed by atoms with E-state index in [9.17, 15) is 0 Å². The summed E-state index contributed by atoms with van der Waals surface area (Å²) in [7, 11) is 0. The van der Waals surface area contributed by atoms with Gasteiger partial charge >= 0.3 is 0 Å². The van der Waals surface area contributed by atoms with E-state index >= 15 is 0 Å². The van der Waals surface area contributed by atoms with Gasteiger partial charge in [0, 0.05) is 5.69 Å². The van der Waals surface area contributed by atoms with Crippen LogP contribution in [0.4, 0.5) is 0 Å². The third-order valence-electron chi connectivity index (χ3n) is 3.05. The molecule has 0 fully saturated rings. The van der Waals surface area contributed by atoms with Crippen molar-refractivity contribution >= 4 is 0 Å². The van der Waals surface area contributed by atoms with Gasteiger partial charge in [-0.2, -0.15) is 0 Å². The van der Waals surface area contributed by atoms with Gasteiger partial charge < -0.3 is 10.3 Å². The highest BCUT2D eigenvalue weighted by Crippen LogP contribution is 2.21. The number of hydrogen-bond acceptors (Lipinski definition) is 2. The Hall–Kier alpha value is -1.61. The molecule has 2 N–H and O–H groups in total. The molecule has 0 amide bonds. The van der Waals surface area contributed by atoms with E-state index in [4.69, 9.17) is 5.73 Å². The Morgan fingerprint density at radius 3 is 2.44 bits per heavy atom. The maximum atomic E-state index is 6.16. The molecule has 96 valence electrons. The van der Waals surface area contributed by atoms with Gasteiger partial charge in [-0.15, -0.1) is 0 Å². The molecule has 18 heavy (non-hydrogen) atoms. The molecule has 0 aliphatic carbocycles. The number of nitrogens with two attached hydrogens (primary N) is 1. The molecule has 3 nitrogen and oxygen atoms in total. The number of nitrogens with zero attached hydrogens (tertiary/aromatic N) is 2. The third kappa shape index (κ3) is 2.62. The van der Waals surface area contributed by atoms with Gasteiger partial charge in [0.2, 0.25) is 0 Å². The average Bonchev–Trinajstić information content (AvgIpc) is 2.79. The summed E-state index contributed by atoms with van der Waals surface area (Å²) in [5.74, 6) is 0. The zero-order chi connectivity index (χ0) is 13.2. The van der Waals surface area contributed by atoms with E-state index in [0.29, 0.717) is 0 Å². The highest BCUT2D eigenvalue weighted by Gasteiger charge is 2.19. The molecule has 0 aliphatic rings. The van der Waals surface area contributed by atoms with Crippen molar-refractivity contribution < 1.29 is 0 Å². The van der Waals surface area contributed by atoms with Crippen molar-refractivity contribution in [3.8, 4) is 5.69 Å². The molecule has 3 heteroatoms. The fourth-order valence-corrected chi connectivity index (χ4v) is 2.09. The van der Waals surface area contributed by atoms with Crippen LogP contribution in [0, 0.1) is 0 Å². The summed E-state index contributed by atoms with van der Waals surface area (Å²) in [6, 6.07) is 8.60. The fourth-order valence-electron chi connectivity index (χ4n) is 2.09. The Morgan fingerprint density at radius 2 is 1.89 bits per heavy atom. The average molecular weight is 243 g/mol. The molecule has 1 aromatic carbocycles. The summed E-state index contributed by atoms with van der Waals surface area (Å²) in [5.41, 5.74) is 9.27. The lowest BCUT2D eigenvalue weighted by molar-refractivity contribution is 0.524. The molecule has 0 saturated heterocycles. The van der Waals surface area contributed by atoms with E-state index in [1.807, 2.05) is 26.4 Å². The predicted octanol–water partition coefficient (Wildman–Crippen LogP) is 3.02. The molecule has 2 aromatic rings. The number of aryl methyl sites for hydroxylation is 1. The quantitative estimate of drug-likeness (QED) is 0.897. The van der Waals surface area contributed by atoms with Crippen LogP contribution in [0.2, 0.25) is 0 Å². The van der Waals surface area contributed by atoms with Gasteiger partial charge in [-0.25, -0.2) is 4.98 Å². The maximum absolute atomic E-state index is 6.16. The number of benzene rings is 1. The fraction of sp³-hybridized carbons (Fsp3) is 0.400. The highest BCUT2D eigenvalue weighted by molar-refractivity contribution is 5.37. The first-order chi connectivity index (χ1) is 8.52. The lowest BCUT2D eigenvalue weighted by atomic mass is 10.0. The molecule has 0 unspecified atom stereocenters. The molecular formula is C15H21N3. The standard InChI is InChI=1S/C15H21N3/c1-4-5-12-6-8-13(9-7-12)18-11-17-10-14(18)15(2,3)16/h6-11H,4-5,16H2,1-3H3. The van der Waals surface area contributed by atoms with Crippen molar-refractivity contribution in [1.29, 1.82) is 0 Å². The summed E-state index contributed by atoms with van der Waals surface area (Å²) in [6.45, 7) is 6.18. The van der Waals surface area contributed by atoms with Crippen LogP contribution in [0.25, 0.3) is 5.69 Å². The minimum atomic E-state index is -0.390. The summed E-state index contributed by atoms with van der Waals surface area (Å²) < 4.78 is 2.05. The smallest absolute Gasteiger partial charge is 0.0994 e. The van der Waals surface area contributed by atoms with Gasteiger partial charge in [0.25, 0.3) is 0 Å². The van der Waals surface area contributed by atoms with E-state index in [1.54, 1.807) is 0 Å². The zero-order valence-electron chi connectivity index (χ0n) is 11.4. The lowest BCUT2D eigenvalue weighted by Gasteiger charge is -2.20. The van der Waals surface area contributed by atoms with Crippen LogP contribution < -0.4 is 5.73 Å². The Labute approximate surface area is 109 Å². The maximum Gasteiger partial charge on any atom is 0.0994 e. The molecule has 0 radical (unpaired) electrons. The first-order valence-corrected chi connectivity index (χ1v) is 6.43. The Morgan fingerprint density at radius 1 is 1.22 bits per heavy atom. The predicted molar refractivity (Wildman–Crippen MR) is 74.8 cm³/mol. The number of aromatic nitrogens is 2. The van der Waals surface area contributed by atoms with Gasteiger partial charge in [-0.05, 0) is 38.0 Å². The summed E-state index contributed by atoms with van der Waals surface area (Å²) in [6.07, 6.45) is 5.95. The van der Waals surface area contributed by atoms with E-state index in [-0.39, 0.29) is 0 Å². The Bertz CT molecular complexity index is 503. The molecule has 0 aliphatic heterocycles. The van der Waals surface area contributed by atoms with Crippen molar-refractivity contribution in [2.75, 3.05) is 0 Å². The van der Waals surface area contributed by atoms with Crippen molar-refractivity contribution in [3.63, 3.8) is 0 Å². The molecule has 1 heterocycles. The second kappa shape index (κ2) is 4.94. The number of rotatable bonds is 4. The first kappa shape index (κ1) is 12.8. The van der Waals surface area contributed by atoms with Crippen LogP contribution >= 0.6 is 0 Å². The molecule has 1 aromatic heterocycles. The molecule has 0 saturated carbocycles. The van der Waals surface area contributed by atoms with Crippen LogP contribution in [0.3, 0.4) is 0 Å². The Balaban J connectivity index is 2.35. The second-order valence-corrected chi connectivity index (χ2v) is 5.29. The monoisotopic (exact) mass is 243 g/mol. The lowest BCUT2D eigenvalue weighted by Crippen LogP contribution is -2.31.